The SMILES string of the molecule is CC(C)(C)OC(=O)N[C@@H](Cc1c[nH]c2ccccc12)C(=O)N1CC2CC(C1)CN(C(=O)[C@H](Cc1c[nH]c3ccccc13)NC(=O)OC(C)(C)C)C2. The number of hydrogen-bond acceptors (Lipinski definition) is 6. The van der Waals surface area contributed by atoms with Crippen LogP contribution in [0.5, 0.6) is 0 Å². The molecule has 12 heteroatoms. The largest absolute Gasteiger partial charge is 0.444 e. The molecule has 12 nitrogen and oxygen atoms in total. The third-order valence-corrected chi connectivity index (χ3v) is 9.38. The Kier molecular flexibility index (Phi) is 10.1. The number of alkyl carbamates (subject to hydrolysis) is 2. The van der Waals surface area contributed by atoms with Gasteiger partial charge in [0.15, 0.2) is 0 Å². The highest BCUT2D eigenvalue weighted by atomic mass is 16.6. The average Bonchev–Trinajstić information content (AvgIpc) is 3.65. The van der Waals surface area contributed by atoms with Crippen molar-refractivity contribution in [3.05, 3.63) is 72.1 Å². The second-order valence-corrected chi connectivity index (χ2v) is 16.0. The Morgan fingerprint density at radius 2 is 1.04 bits per heavy atom. The van der Waals surface area contributed by atoms with E-state index in [-0.39, 0.29) is 23.7 Å². The van der Waals surface area contributed by atoms with Gasteiger partial charge >= 0.3 is 12.2 Å². The van der Waals surface area contributed by atoms with E-state index in [0.717, 1.165) is 39.4 Å². The summed E-state index contributed by atoms with van der Waals surface area (Å²) in [5.41, 5.74) is 2.32. The number of fused-ring (bicyclic) bond motifs is 4. The second kappa shape index (κ2) is 14.3. The van der Waals surface area contributed by atoms with Crippen LogP contribution in [0.15, 0.2) is 60.9 Å². The summed E-state index contributed by atoms with van der Waals surface area (Å²) in [6.45, 7) is 12.5. The summed E-state index contributed by atoms with van der Waals surface area (Å²) in [6.07, 6.45) is 3.95. The highest BCUT2D eigenvalue weighted by Crippen LogP contribution is 2.31. The molecule has 0 saturated carbocycles. The Balaban J connectivity index is 1.17. The van der Waals surface area contributed by atoms with Gasteiger partial charge in [0.25, 0.3) is 0 Å². The molecule has 272 valence electrons. The fourth-order valence-electron chi connectivity index (χ4n) is 7.42. The number of hydrogen-bond donors (Lipinski definition) is 4. The zero-order valence-electron chi connectivity index (χ0n) is 30.4. The third kappa shape index (κ3) is 8.84. The van der Waals surface area contributed by atoms with E-state index in [2.05, 4.69) is 20.6 Å². The van der Waals surface area contributed by atoms with Gasteiger partial charge in [0.05, 0.1) is 0 Å². The highest BCUT2D eigenvalue weighted by molar-refractivity contribution is 5.90. The van der Waals surface area contributed by atoms with E-state index in [1.165, 1.54) is 0 Å². The Morgan fingerprint density at radius 3 is 1.41 bits per heavy atom. The molecule has 6 rings (SSSR count). The van der Waals surface area contributed by atoms with Gasteiger partial charge in [-0.15, -0.1) is 0 Å². The topological polar surface area (TPSA) is 149 Å². The Bertz CT molecular complexity index is 1750. The van der Waals surface area contributed by atoms with Crippen LogP contribution in [0.1, 0.15) is 59.1 Å². The number of nitrogens with zero attached hydrogens (tertiary/aromatic N) is 2. The second-order valence-electron chi connectivity index (χ2n) is 16.0. The van der Waals surface area contributed by atoms with E-state index in [4.69, 9.17) is 9.47 Å². The van der Waals surface area contributed by atoms with Crippen LogP contribution in [0.2, 0.25) is 0 Å². The lowest BCUT2D eigenvalue weighted by Gasteiger charge is -2.47. The molecule has 0 aliphatic carbocycles. The van der Waals surface area contributed by atoms with Crippen molar-refractivity contribution in [3.63, 3.8) is 0 Å². The summed E-state index contributed by atoms with van der Waals surface area (Å²) in [4.78, 5) is 64.6. The number of likely N-dealkylation sites (tertiary alicyclic amines) is 2. The van der Waals surface area contributed by atoms with Crippen molar-refractivity contribution in [1.82, 2.24) is 30.4 Å². The molecule has 2 atom stereocenters. The monoisotopic (exact) mass is 698 g/mol. The molecule has 2 saturated heterocycles. The zero-order chi connectivity index (χ0) is 36.5. The molecule has 2 aromatic carbocycles. The quantitative estimate of drug-likeness (QED) is 0.190. The van der Waals surface area contributed by atoms with Gasteiger partial charge in [0.1, 0.15) is 23.3 Å². The van der Waals surface area contributed by atoms with Gasteiger partial charge in [-0.2, -0.15) is 0 Å². The van der Waals surface area contributed by atoms with Crippen LogP contribution in [0.3, 0.4) is 0 Å². The first-order chi connectivity index (χ1) is 24.1. The van der Waals surface area contributed by atoms with Crippen LogP contribution >= 0.6 is 0 Å². The molecule has 2 aromatic heterocycles. The van der Waals surface area contributed by atoms with E-state index in [9.17, 15) is 19.2 Å². The first-order valence-electron chi connectivity index (χ1n) is 17.8. The van der Waals surface area contributed by atoms with Crippen molar-refractivity contribution in [3.8, 4) is 0 Å². The molecule has 2 aliphatic rings. The normalized spacial score (nSPS) is 19.0. The summed E-state index contributed by atoms with van der Waals surface area (Å²) in [5, 5.41) is 7.71. The van der Waals surface area contributed by atoms with Crippen molar-refractivity contribution >= 4 is 45.8 Å². The molecule has 0 radical (unpaired) electrons. The van der Waals surface area contributed by atoms with Crippen LogP contribution in [-0.4, -0.2) is 93.2 Å². The lowest BCUT2D eigenvalue weighted by atomic mass is 9.83. The third-order valence-electron chi connectivity index (χ3n) is 9.38. The molecule has 0 spiro atoms. The van der Waals surface area contributed by atoms with E-state index in [1.807, 2.05) is 70.7 Å². The van der Waals surface area contributed by atoms with Gasteiger partial charge in [-0.3, -0.25) is 9.59 Å². The lowest BCUT2D eigenvalue weighted by Crippen LogP contribution is -2.61. The van der Waals surface area contributed by atoms with E-state index >= 15 is 0 Å². The van der Waals surface area contributed by atoms with Crippen LogP contribution in [0, 0.1) is 11.8 Å². The Hall–Kier alpha value is -5.00. The Morgan fingerprint density at radius 1 is 0.667 bits per heavy atom. The number of para-hydroxylation sites is 2. The van der Waals surface area contributed by atoms with Crippen LogP contribution < -0.4 is 10.6 Å². The number of rotatable bonds is 8. The van der Waals surface area contributed by atoms with Gasteiger partial charge in [0.2, 0.25) is 11.8 Å². The fraction of sp³-hybridized carbons (Fsp3) is 0.487. The van der Waals surface area contributed by atoms with Gasteiger partial charge in [-0.1, -0.05) is 36.4 Å². The molecule has 4 aromatic rings. The molecular weight excluding hydrogens is 648 g/mol. The average molecular weight is 699 g/mol. The molecule has 2 bridgehead atoms. The van der Waals surface area contributed by atoms with Crippen LogP contribution in [0.25, 0.3) is 21.8 Å². The molecule has 4 amide bonds. The minimum absolute atomic E-state index is 0.0379. The van der Waals surface area contributed by atoms with Gasteiger partial charge in [0, 0.05) is 73.2 Å². The number of carbonyl (C=O) groups excluding carboxylic acids is 4. The van der Waals surface area contributed by atoms with E-state index in [1.54, 1.807) is 41.5 Å². The summed E-state index contributed by atoms with van der Waals surface area (Å²) in [6, 6.07) is 14.1. The summed E-state index contributed by atoms with van der Waals surface area (Å²) < 4.78 is 11.1. The van der Waals surface area contributed by atoms with Gasteiger partial charge in [-0.05, 0) is 83.1 Å². The maximum atomic E-state index is 14.2. The molecular formula is C39H50N6O6. The van der Waals surface area contributed by atoms with Gasteiger partial charge in [-0.25, -0.2) is 9.59 Å². The number of aromatic nitrogens is 2. The highest BCUT2D eigenvalue weighted by Gasteiger charge is 2.41. The minimum Gasteiger partial charge on any atom is -0.444 e. The summed E-state index contributed by atoms with van der Waals surface area (Å²) in [5.74, 6) is -0.277. The fourth-order valence-corrected chi connectivity index (χ4v) is 7.42. The molecule has 2 fully saturated rings. The number of nitrogens with one attached hydrogen (secondary N) is 4. The van der Waals surface area contributed by atoms with Crippen molar-refractivity contribution in [2.24, 2.45) is 11.8 Å². The number of benzene rings is 2. The first-order valence-corrected chi connectivity index (χ1v) is 17.8. The smallest absolute Gasteiger partial charge is 0.408 e. The van der Waals surface area contributed by atoms with E-state index < -0.39 is 35.5 Å². The number of amides is 4. The van der Waals surface area contributed by atoms with Crippen molar-refractivity contribution < 1.29 is 28.7 Å². The standard InChI is InChI=1S/C39H50N6O6/c1-38(2,3)50-36(48)42-32(16-26-18-40-30-13-9-7-11-28(26)30)34(46)44-20-24-15-25(21-44)23-45(22-24)35(47)33(43-37(49)51-39(4,5)6)17-27-19-41-31-14-10-8-12-29(27)31/h7-14,18-19,24-25,32-33,40-41H,15-17,20-23H2,1-6H3,(H,42,48)(H,43,49)/t24?,25?,32-,33-/m0/s1. The summed E-state index contributed by atoms with van der Waals surface area (Å²) >= 11 is 0. The number of H-pyrrole nitrogens is 2. The number of carbonyl (C=O) groups is 4. The van der Waals surface area contributed by atoms with Crippen LogP contribution in [-0.2, 0) is 31.9 Å². The first kappa shape index (κ1) is 35.8. The Labute approximate surface area is 298 Å². The van der Waals surface area contributed by atoms with Crippen LogP contribution in [0.4, 0.5) is 9.59 Å². The number of aromatic amines is 2. The van der Waals surface area contributed by atoms with Crippen molar-refractivity contribution in [1.29, 1.82) is 0 Å². The predicted octanol–water partition coefficient (Wildman–Crippen LogP) is 5.53. The van der Waals surface area contributed by atoms with Crippen molar-refractivity contribution in [2.75, 3.05) is 26.2 Å². The maximum absolute atomic E-state index is 14.2. The zero-order valence-corrected chi connectivity index (χ0v) is 30.4. The molecule has 4 heterocycles. The number of ether oxygens (including phenoxy) is 2. The maximum Gasteiger partial charge on any atom is 0.408 e. The van der Waals surface area contributed by atoms with Crippen molar-refractivity contribution in [2.45, 2.75) is 84.1 Å². The van der Waals surface area contributed by atoms with Gasteiger partial charge < -0.3 is 39.9 Å². The lowest BCUT2D eigenvalue weighted by molar-refractivity contribution is -0.143. The predicted molar refractivity (Wildman–Crippen MR) is 195 cm³/mol. The molecule has 4 N–H and O–H groups in total. The molecule has 51 heavy (non-hydrogen) atoms. The van der Waals surface area contributed by atoms with E-state index in [0.29, 0.717) is 39.0 Å². The molecule has 2 aliphatic heterocycles. The minimum atomic E-state index is -0.839. The molecule has 0 unspecified atom stereocenters. The number of piperidine rings is 2. The summed E-state index contributed by atoms with van der Waals surface area (Å²) in [7, 11) is 0.